The van der Waals surface area contributed by atoms with Crippen molar-refractivity contribution in [1.29, 1.82) is 0 Å². The molecule has 0 fully saturated rings. The van der Waals surface area contributed by atoms with Crippen molar-refractivity contribution in [3.05, 3.63) is 76.8 Å². The molecule has 0 aliphatic heterocycles. The van der Waals surface area contributed by atoms with E-state index < -0.39 is 11.9 Å². The summed E-state index contributed by atoms with van der Waals surface area (Å²) in [5.74, 6) is 1.06. The first-order chi connectivity index (χ1) is 12.1. The normalized spacial score (nSPS) is 17.3. The van der Waals surface area contributed by atoms with E-state index in [2.05, 4.69) is 0 Å². The van der Waals surface area contributed by atoms with Crippen LogP contribution in [0, 0.1) is 5.92 Å². The van der Waals surface area contributed by atoms with Crippen molar-refractivity contribution in [2.75, 3.05) is 7.11 Å². The van der Waals surface area contributed by atoms with Crippen LogP contribution in [0.2, 0.25) is 0 Å². The van der Waals surface area contributed by atoms with E-state index in [4.69, 9.17) is 9.47 Å². The highest BCUT2D eigenvalue weighted by molar-refractivity contribution is 5.86. The van der Waals surface area contributed by atoms with Crippen molar-refractivity contribution in [2.45, 2.75) is 20.0 Å². The van der Waals surface area contributed by atoms with Gasteiger partial charge < -0.3 is 14.6 Å². The average Bonchev–Trinajstić information content (AvgIpc) is 2.64. The first-order valence-electron chi connectivity index (χ1n) is 7.93. The fourth-order valence-corrected chi connectivity index (χ4v) is 2.50. The van der Waals surface area contributed by atoms with Gasteiger partial charge in [0.2, 0.25) is 0 Å². The Morgan fingerprint density at radius 2 is 2.04 bits per heavy atom. The summed E-state index contributed by atoms with van der Waals surface area (Å²) in [6.07, 6.45) is 5.27. The van der Waals surface area contributed by atoms with Gasteiger partial charge in [0.1, 0.15) is 12.5 Å². The molecule has 0 bridgehead atoms. The van der Waals surface area contributed by atoms with Crippen molar-refractivity contribution in [2.24, 2.45) is 5.92 Å². The third-order valence-electron chi connectivity index (χ3n) is 3.85. The number of rotatable bonds is 7. The van der Waals surface area contributed by atoms with Crippen LogP contribution in [0.1, 0.15) is 18.9 Å². The minimum Gasteiger partial charge on any atom is -0.493 e. The standard InChI is InChI=1S/C20H20O5/c1-3-15(20(22)23)11-16-9-10-18(24-2)19(17(16)12-21)25-13-14-7-5-4-6-8-14/h4-11,16H,3,13H2,1-2H3,(H,22,23). The number of aliphatic carboxylic acids is 1. The van der Waals surface area contributed by atoms with Crippen LogP contribution in [0.5, 0.6) is 0 Å². The molecule has 1 aliphatic carbocycles. The lowest BCUT2D eigenvalue weighted by molar-refractivity contribution is -0.132. The minimum absolute atomic E-state index is 0.225. The first kappa shape index (κ1) is 18.3. The molecule has 130 valence electrons. The van der Waals surface area contributed by atoms with Gasteiger partial charge in [-0.25, -0.2) is 9.59 Å². The third kappa shape index (κ3) is 4.49. The number of hydrogen-bond acceptors (Lipinski definition) is 4. The topological polar surface area (TPSA) is 72.8 Å². The van der Waals surface area contributed by atoms with Crippen LogP contribution in [-0.4, -0.2) is 24.1 Å². The summed E-state index contributed by atoms with van der Waals surface area (Å²) in [5.41, 5.74) is 1.39. The van der Waals surface area contributed by atoms with Gasteiger partial charge in [-0.1, -0.05) is 49.4 Å². The number of carboxylic acid groups (broad SMARTS) is 1. The summed E-state index contributed by atoms with van der Waals surface area (Å²) in [5, 5.41) is 9.21. The summed E-state index contributed by atoms with van der Waals surface area (Å²) >= 11 is 0. The van der Waals surface area contributed by atoms with Gasteiger partial charge in [-0.2, -0.15) is 0 Å². The van der Waals surface area contributed by atoms with Crippen molar-refractivity contribution < 1.29 is 24.2 Å². The van der Waals surface area contributed by atoms with E-state index in [1.165, 1.54) is 13.2 Å². The van der Waals surface area contributed by atoms with Gasteiger partial charge in [-0.3, -0.25) is 0 Å². The lowest BCUT2D eigenvalue weighted by atomic mass is 9.90. The highest BCUT2D eigenvalue weighted by Crippen LogP contribution is 2.31. The van der Waals surface area contributed by atoms with Gasteiger partial charge >= 0.3 is 5.97 Å². The van der Waals surface area contributed by atoms with Crippen LogP contribution >= 0.6 is 0 Å². The first-order valence-corrected chi connectivity index (χ1v) is 7.93. The average molecular weight is 340 g/mol. The Morgan fingerprint density at radius 3 is 2.60 bits per heavy atom. The molecule has 5 nitrogen and oxygen atoms in total. The van der Waals surface area contributed by atoms with Crippen LogP contribution in [0.3, 0.4) is 0 Å². The molecule has 0 amide bonds. The highest BCUT2D eigenvalue weighted by Gasteiger charge is 2.26. The van der Waals surface area contributed by atoms with Crippen molar-refractivity contribution in [3.8, 4) is 0 Å². The fourth-order valence-electron chi connectivity index (χ4n) is 2.50. The molecule has 2 rings (SSSR count). The Labute approximate surface area is 146 Å². The van der Waals surface area contributed by atoms with Gasteiger partial charge in [0.05, 0.1) is 12.7 Å². The number of carbonyl (C=O) groups excluding carboxylic acids is 1. The number of carboxylic acids is 1. The summed E-state index contributed by atoms with van der Waals surface area (Å²) in [4.78, 5) is 22.8. The van der Waals surface area contributed by atoms with E-state index in [1.54, 1.807) is 19.1 Å². The van der Waals surface area contributed by atoms with E-state index >= 15 is 0 Å². The molecule has 0 aromatic heterocycles. The SMILES string of the molecule is CCC(=CC1C=CC(OC)=C(OCc2ccccc2)C1=C=O)C(=O)O. The van der Waals surface area contributed by atoms with Crippen LogP contribution in [0.15, 0.2) is 71.2 Å². The molecular weight excluding hydrogens is 320 g/mol. The number of benzene rings is 1. The number of hydrogen-bond donors (Lipinski definition) is 1. The van der Waals surface area contributed by atoms with Crippen LogP contribution in [0.25, 0.3) is 0 Å². The Balaban J connectivity index is 2.31. The van der Waals surface area contributed by atoms with Crippen LogP contribution in [-0.2, 0) is 25.7 Å². The van der Waals surface area contributed by atoms with Gasteiger partial charge in [-0.05, 0) is 18.1 Å². The molecule has 1 aliphatic rings. The lowest BCUT2D eigenvalue weighted by Gasteiger charge is -2.21. The van der Waals surface area contributed by atoms with Crippen LogP contribution < -0.4 is 0 Å². The monoisotopic (exact) mass is 340 g/mol. The molecular formula is C20H20O5. The molecule has 5 heteroatoms. The maximum atomic E-state index is 11.6. The number of methoxy groups -OCH3 is 1. The Kier molecular flexibility index (Phi) is 6.38. The summed E-state index contributed by atoms with van der Waals surface area (Å²) < 4.78 is 11.1. The summed E-state index contributed by atoms with van der Waals surface area (Å²) in [6, 6.07) is 9.52. The summed E-state index contributed by atoms with van der Waals surface area (Å²) in [7, 11) is 1.48. The van der Waals surface area contributed by atoms with E-state index in [-0.39, 0.29) is 23.5 Å². The lowest BCUT2D eigenvalue weighted by Crippen LogP contribution is -2.14. The third-order valence-corrected chi connectivity index (χ3v) is 3.85. The molecule has 0 saturated carbocycles. The Hall–Kier alpha value is -3.04. The Morgan fingerprint density at radius 1 is 1.32 bits per heavy atom. The van der Waals surface area contributed by atoms with Gasteiger partial charge in [-0.15, -0.1) is 0 Å². The van der Waals surface area contributed by atoms with Crippen LogP contribution in [0.4, 0.5) is 0 Å². The second-order valence-corrected chi connectivity index (χ2v) is 5.42. The van der Waals surface area contributed by atoms with Crippen molar-refractivity contribution in [3.63, 3.8) is 0 Å². The zero-order chi connectivity index (χ0) is 18.2. The largest absolute Gasteiger partial charge is 0.493 e. The molecule has 1 N–H and O–H groups in total. The number of carbonyl (C=O) groups is 1. The van der Waals surface area contributed by atoms with E-state index in [1.807, 2.05) is 36.3 Å². The van der Waals surface area contributed by atoms with Crippen molar-refractivity contribution in [1.82, 2.24) is 0 Å². The van der Waals surface area contributed by atoms with Crippen molar-refractivity contribution >= 4 is 11.9 Å². The summed E-state index contributed by atoms with van der Waals surface area (Å²) in [6.45, 7) is 2.01. The molecule has 0 heterocycles. The molecule has 0 saturated heterocycles. The highest BCUT2D eigenvalue weighted by atomic mass is 16.5. The van der Waals surface area contributed by atoms with E-state index in [9.17, 15) is 14.7 Å². The second kappa shape index (κ2) is 8.71. The number of allylic oxidation sites excluding steroid dienone is 4. The predicted molar refractivity (Wildman–Crippen MR) is 93.1 cm³/mol. The smallest absolute Gasteiger partial charge is 0.331 e. The maximum absolute atomic E-state index is 11.6. The fraction of sp³-hybridized carbons (Fsp3) is 0.250. The minimum atomic E-state index is -1.01. The molecule has 0 radical (unpaired) electrons. The molecule has 1 aromatic carbocycles. The zero-order valence-electron chi connectivity index (χ0n) is 14.2. The quantitative estimate of drug-likeness (QED) is 0.608. The van der Waals surface area contributed by atoms with Gasteiger partial charge in [0.25, 0.3) is 0 Å². The second-order valence-electron chi connectivity index (χ2n) is 5.42. The number of ether oxygens (including phenoxy) is 2. The molecule has 0 spiro atoms. The molecule has 1 aromatic rings. The zero-order valence-corrected chi connectivity index (χ0v) is 14.2. The maximum Gasteiger partial charge on any atom is 0.331 e. The van der Waals surface area contributed by atoms with Gasteiger partial charge in [0.15, 0.2) is 11.5 Å². The van der Waals surface area contributed by atoms with Gasteiger partial charge in [0, 0.05) is 11.5 Å². The molecule has 1 atom stereocenters. The predicted octanol–water partition coefficient (Wildman–Crippen LogP) is 3.43. The Bertz CT molecular complexity index is 765. The molecule has 25 heavy (non-hydrogen) atoms. The van der Waals surface area contributed by atoms with E-state index in [0.717, 1.165) is 5.56 Å². The van der Waals surface area contributed by atoms with E-state index in [0.29, 0.717) is 12.2 Å². The molecule has 1 unspecified atom stereocenters.